The summed E-state index contributed by atoms with van der Waals surface area (Å²) in [6, 6.07) is 10.6. The van der Waals surface area contributed by atoms with E-state index in [2.05, 4.69) is 25.5 Å². The molecule has 0 saturated heterocycles. The van der Waals surface area contributed by atoms with Gasteiger partial charge in [0.1, 0.15) is 15.7 Å². The quantitative estimate of drug-likeness (QED) is 0.413. The molecule has 0 spiro atoms. The predicted octanol–water partition coefficient (Wildman–Crippen LogP) is 4.98. The number of benzene rings is 1. The molecule has 3 heterocycles. The zero-order chi connectivity index (χ0) is 21.8. The van der Waals surface area contributed by atoms with Gasteiger partial charge in [0, 0.05) is 29.7 Å². The number of carbonyl (C=O) groups is 1. The van der Waals surface area contributed by atoms with Crippen molar-refractivity contribution >= 4 is 34.7 Å². The highest BCUT2D eigenvalue weighted by Gasteiger charge is 2.14. The minimum absolute atomic E-state index is 0.0533. The van der Waals surface area contributed by atoms with Crippen LogP contribution in [0.5, 0.6) is 0 Å². The highest BCUT2D eigenvalue weighted by Crippen LogP contribution is 2.34. The van der Waals surface area contributed by atoms with Gasteiger partial charge in [0.25, 0.3) is 0 Å². The molecule has 10 heteroatoms. The second kappa shape index (κ2) is 9.27. The van der Waals surface area contributed by atoms with Crippen molar-refractivity contribution < 1.29 is 13.6 Å². The van der Waals surface area contributed by atoms with Gasteiger partial charge >= 0.3 is 0 Å². The minimum Gasteiger partial charge on any atom is -0.325 e. The Kier molecular flexibility index (Phi) is 6.28. The van der Waals surface area contributed by atoms with Crippen LogP contribution in [0.3, 0.4) is 0 Å². The molecule has 4 rings (SSSR count). The number of anilines is 1. The zero-order valence-corrected chi connectivity index (χ0v) is 17.8. The molecular formula is C21H15F2N5OS2. The molecule has 6 nitrogen and oxygen atoms in total. The van der Waals surface area contributed by atoms with Gasteiger partial charge in [0.15, 0.2) is 11.6 Å². The number of thioether (sulfide) groups is 1. The van der Waals surface area contributed by atoms with E-state index in [0.29, 0.717) is 10.7 Å². The van der Waals surface area contributed by atoms with Crippen molar-refractivity contribution in [1.29, 1.82) is 0 Å². The molecule has 0 unspecified atom stereocenters. The SMILES string of the molecule is Cc1nc(-c2cccnc2)sc1-c1ccc(SCC(=O)Nc2ccc(F)c(F)c2)nn1. The molecule has 3 aromatic heterocycles. The van der Waals surface area contributed by atoms with Crippen LogP contribution in [-0.4, -0.2) is 31.8 Å². The molecule has 0 radical (unpaired) electrons. The number of nitrogens with one attached hydrogen (secondary N) is 1. The predicted molar refractivity (Wildman–Crippen MR) is 117 cm³/mol. The molecule has 0 aliphatic rings. The third-order valence-electron chi connectivity index (χ3n) is 4.13. The summed E-state index contributed by atoms with van der Waals surface area (Å²) < 4.78 is 26.2. The van der Waals surface area contributed by atoms with Crippen molar-refractivity contribution in [2.24, 2.45) is 0 Å². The summed E-state index contributed by atoms with van der Waals surface area (Å²) in [5.74, 6) is -2.29. The summed E-state index contributed by atoms with van der Waals surface area (Å²) >= 11 is 2.70. The number of carbonyl (C=O) groups excluding carboxylic acids is 1. The lowest BCUT2D eigenvalue weighted by molar-refractivity contribution is -0.113. The van der Waals surface area contributed by atoms with E-state index in [0.717, 1.165) is 33.3 Å². The van der Waals surface area contributed by atoms with Crippen LogP contribution in [0.25, 0.3) is 21.1 Å². The first-order chi connectivity index (χ1) is 15.0. The molecule has 1 N–H and O–H groups in total. The second-order valence-electron chi connectivity index (χ2n) is 6.40. The van der Waals surface area contributed by atoms with Gasteiger partial charge in [0.2, 0.25) is 5.91 Å². The van der Waals surface area contributed by atoms with Crippen LogP contribution in [0.15, 0.2) is 59.9 Å². The van der Waals surface area contributed by atoms with Gasteiger partial charge in [-0.15, -0.1) is 21.5 Å². The first-order valence-corrected chi connectivity index (χ1v) is 10.9. The van der Waals surface area contributed by atoms with Crippen molar-refractivity contribution in [2.75, 3.05) is 11.1 Å². The van der Waals surface area contributed by atoms with Crippen molar-refractivity contribution in [3.05, 3.63) is 72.2 Å². The van der Waals surface area contributed by atoms with Crippen LogP contribution in [0.2, 0.25) is 0 Å². The van der Waals surface area contributed by atoms with Gasteiger partial charge in [-0.25, -0.2) is 13.8 Å². The largest absolute Gasteiger partial charge is 0.325 e. The van der Waals surface area contributed by atoms with Gasteiger partial charge in [-0.1, -0.05) is 11.8 Å². The Morgan fingerprint density at radius 1 is 1.13 bits per heavy atom. The third kappa shape index (κ3) is 5.09. The molecule has 0 fully saturated rings. The Labute approximate surface area is 184 Å². The fourth-order valence-corrected chi connectivity index (χ4v) is 4.31. The van der Waals surface area contributed by atoms with Gasteiger partial charge in [-0.3, -0.25) is 9.78 Å². The highest BCUT2D eigenvalue weighted by molar-refractivity contribution is 7.99. The molecule has 0 atom stereocenters. The van der Waals surface area contributed by atoms with E-state index in [9.17, 15) is 13.6 Å². The maximum Gasteiger partial charge on any atom is 0.234 e. The summed E-state index contributed by atoms with van der Waals surface area (Å²) in [4.78, 5) is 21.7. The lowest BCUT2D eigenvalue weighted by atomic mass is 10.3. The monoisotopic (exact) mass is 455 g/mol. The van der Waals surface area contributed by atoms with Crippen LogP contribution < -0.4 is 5.32 Å². The number of aryl methyl sites for hydroxylation is 1. The summed E-state index contributed by atoms with van der Waals surface area (Å²) in [5, 5.41) is 12.4. The number of hydrogen-bond donors (Lipinski definition) is 1. The first kappa shape index (κ1) is 21.0. The van der Waals surface area contributed by atoms with Crippen LogP contribution in [0.4, 0.5) is 14.5 Å². The summed E-state index contributed by atoms with van der Waals surface area (Å²) in [5.41, 5.74) is 2.68. The molecule has 156 valence electrons. The van der Waals surface area contributed by atoms with Crippen molar-refractivity contribution in [1.82, 2.24) is 20.2 Å². The Morgan fingerprint density at radius 2 is 2.00 bits per heavy atom. The normalized spacial score (nSPS) is 10.8. The number of thiazole rings is 1. The topological polar surface area (TPSA) is 80.7 Å². The van der Waals surface area contributed by atoms with E-state index in [-0.39, 0.29) is 17.3 Å². The number of halogens is 2. The fourth-order valence-electron chi connectivity index (χ4n) is 2.68. The Hall–Kier alpha value is -3.24. The van der Waals surface area contributed by atoms with Gasteiger partial charge < -0.3 is 5.32 Å². The lowest BCUT2D eigenvalue weighted by Gasteiger charge is -2.05. The summed E-state index contributed by atoms with van der Waals surface area (Å²) in [6.07, 6.45) is 3.48. The molecule has 1 aromatic carbocycles. The van der Waals surface area contributed by atoms with E-state index >= 15 is 0 Å². The summed E-state index contributed by atoms with van der Waals surface area (Å²) in [6.45, 7) is 1.92. The molecule has 1 amide bonds. The second-order valence-corrected chi connectivity index (χ2v) is 8.39. The van der Waals surface area contributed by atoms with Gasteiger partial charge in [-0.05, 0) is 43.3 Å². The molecule has 0 bridgehead atoms. The van der Waals surface area contributed by atoms with Crippen LogP contribution in [0, 0.1) is 18.6 Å². The van der Waals surface area contributed by atoms with Gasteiger partial charge in [-0.2, -0.15) is 0 Å². The highest BCUT2D eigenvalue weighted by atomic mass is 32.2. The Morgan fingerprint density at radius 3 is 2.71 bits per heavy atom. The first-order valence-electron chi connectivity index (χ1n) is 9.09. The number of pyridine rings is 1. The van der Waals surface area contributed by atoms with Crippen LogP contribution >= 0.6 is 23.1 Å². The molecular weight excluding hydrogens is 440 g/mol. The maximum absolute atomic E-state index is 13.2. The molecule has 0 aliphatic carbocycles. The minimum atomic E-state index is -1.02. The number of nitrogens with zero attached hydrogens (tertiary/aromatic N) is 4. The average Bonchev–Trinajstić information content (AvgIpc) is 3.17. The Balaban J connectivity index is 1.39. The van der Waals surface area contributed by atoms with E-state index in [1.165, 1.54) is 29.2 Å². The van der Waals surface area contributed by atoms with Crippen LogP contribution in [0.1, 0.15) is 5.69 Å². The molecule has 4 aromatic rings. The maximum atomic E-state index is 13.2. The van der Waals surface area contributed by atoms with Crippen LogP contribution in [-0.2, 0) is 4.79 Å². The standard InChI is InChI=1S/C21H15F2N5OS2/c1-12-20(31-21(25-12)13-3-2-8-24-10-13)17-6-7-19(28-27-17)30-11-18(29)26-14-4-5-15(22)16(23)9-14/h2-10H,11H2,1H3,(H,26,29). The molecule has 31 heavy (non-hydrogen) atoms. The molecule has 0 aliphatic heterocycles. The van der Waals surface area contributed by atoms with Crippen molar-refractivity contribution in [3.63, 3.8) is 0 Å². The number of amides is 1. The van der Waals surface area contributed by atoms with Crippen molar-refractivity contribution in [3.8, 4) is 21.1 Å². The van der Waals surface area contributed by atoms with E-state index in [1.807, 2.05) is 25.1 Å². The lowest BCUT2D eigenvalue weighted by Crippen LogP contribution is -2.14. The van der Waals surface area contributed by atoms with E-state index in [1.54, 1.807) is 18.5 Å². The van der Waals surface area contributed by atoms with E-state index < -0.39 is 11.6 Å². The molecule has 0 saturated carbocycles. The third-order valence-corrected chi connectivity index (χ3v) is 6.28. The smallest absolute Gasteiger partial charge is 0.234 e. The number of hydrogen-bond acceptors (Lipinski definition) is 7. The fraction of sp³-hybridized carbons (Fsp3) is 0.0952. The summed E-state index contributed by atoms with van der Waals surface area (Å²) in [7, 11) is 0. The van der Waals surface area contributed by atoms with Gasteiger partial charge in [0.05, 0.1) is 16.3 Å². The van der Waals surface area contributed by atoms with E-state index in [4.69, 9.17) is 0 Å². The zero-order valence-electron chi connectivity index (χ0n) is 16.2. The average molecular weight is 456 g/mol. The number of aromatic nitrogens is 4. The number of rotatable bonds is 6. The van der Waals surface area contributed by atoms with Crippen molar-refractivity contribution in [2.45, 2.75) is 11.9 Å². The Bertz CT molecular complexity index is 1220.